The van der Waals surface area contributed by atoms with Crippen LogP contribution in [0.25, 0.3) is 5.69 Å². The van der Waals surface area contributed by atoms with Crippen LogP contribution in [0.1, 0.15) is 18.2 Å². The van der Waals surface area contributed by atoms with Crippen LogP contribution in [-0.4, -0.2) is 15.7 Å². The molecule has 102 valence electrons. The summed E-state index contributed by atoms with van der Waals surface area (Å²) in [6.07, 6.45) is 0. The maximum Gasteiger partial charge on any atom is 0.242 e. The highest BCUT2D eigenvalue weighted by Gasteiger charge is 2.15. The number of rotatable bonds is 3. The topological polar surface area (TPSA) is 70.7 Å². The summed E-state index contributed by atoms with van der Waals surface area (Å²) in [5.41, 5.74) is 2.82. The van der Waals surface area contributed by atoms with Gasteiger partial charge in [-0.1, -0.05) is 17.7 Å². The first-order chi connectivity index (χ1) is 9.51. The summed E-state index contributed by atoms with van der Waals surface area (Å²) in [7, 11) is 0. The van der Waals surface area contributed by atoms with E-state index in [1.165, 1.54) is 0 Å². The Morgan fingerprint density at radius 3 is 2.60 bits per heavy atom. The van der Waals surface area contributed by atoms with Crippen molar-refractivity contribution in [3.63, 3.8) is 0 Å². The number of nitrogens with one attached hydrogen (secondary N) is 1. The third-order valence-electron chi connectivity index (χ3n) is 2.95. The summed E-state index contributed by atoms with van der Waals surface area (Å²) in [5.74, 6) is -0.462. The maximum absolute atomic E-state index is 11.8. The molecule has 20 heavy (non-hydrogen) atoms. The van der Waals surface area contributed by atoms with Crippen molar-refractivity contribution < 1.29 is 4.79 Å². The maximum atomic E-state index is 11.8. The van der Waals surface area contributed by atoms with E-state index in [0.29, 0.717) is 5.82 Å². The number of amides is 1. The third kappa shape index (κ3) is 2.86. The number of benzene rings is 1. The average Bonchev–Trinajstić information content (AvgIpc) is 2.79. The van der Waals surface area contributed by atoms with E-state index in [9.17, 15) is 4.79 Å². The lowest BCUT2D eigenvalue weighted by molar-refractivity contribution is -0.117. The summed E-state index contributed by atoms with van der Waals surface area (Å²) in [6.45, 7) is 5.43. The molecule has 1 aromatic heterocycles. The molecule has 0 fully saturated rings. The van der Waals surface area contributed by atoms with Gasteiger partial charge in [0.15, 0.2) is 0 Å². The molecule has 0 spiro atoms. The van der Waals surface area contributed by atoms with Crippen LogP contribution in [0.15, 0.2) is 30.3 Å². The summed E-state index contributed by atoms with van der Waals surface area (Å²) in [5, 5.41) is 15.9. The minimum Gasteiger partial charge on any atom is -0.309 e. The number of nitriles is 1. The fourth-order valence-corrected chi connectivity index (χ4v) is 1.76. The van der Waals surface area contributed by atoms with Crippen LogP contribution in [0.4, 0.5) is 5.82 Å². The molecule has 1 unspecified atom stereocenters. The van der Waals surface area contributed by atoms with Crippen LogP contribution < -0.4 is 5.32 Å². The van der Waals surface area contributed by atoms with E-state index in [1.54, 1.807) is 17.7 Å². The molecular formula is C15H16N4O. The fourth-order valence-electron chi connectivity index (χ4n) is 1.76. The highest BCUT2D eigenvalue weighted by Crippen LogP contribution is 2.18. The molecule has 0 bridgehead atoms. The fraction of sp³-hybridized carbons (Fsp3) is 0.267. The van der Waals surface area contributed by atoms with Crippen LogP contribution in [-0.2, 0) is 4.79 Å². The van der Waals surface area contributed by atoms with Crippen molar-refractivity contribution in [3.8, 4) is 11.8 Å². The standard InChI is InChI=1S/C15H16N4O/c1-10-4-6-13(7-5-10)19-14(8-12(3)18-19)17-15(20)11(2)9-16/h4-8,11H,1-3H3,(H,17,20). The number of hydrogen-bond acceptors (Lipinski definition) is 3. The van der Waals surface area contributed by atoms with Gasteiger partial charge in [-0.25, -0.2) is 4.68 Å². The number of aromatic nitrogens is 2. The number of nitrogens with zero attached hydrogens (tertiary/aromatic N) is 3. The SMILES string of the molecule is Cc1ccc(-n2nc(C)cc2NC(=O)C(C)C#N)cc1. The molecule has 1 atom stereocenters. The first kappa shape index (κ1) is 13.8. The first-order valence-electron chi connectivity index (χ1n) is 6.35. The normalized spacial score (nSPS) is 11.7. The molecule has 0 aliphatic heterocycles. The van der Waals surface area contributed by atoms with E-state index in [1.807, 2.05) is 44.2 Å². The molecule has 1 N–H and O–H groups in total. The minimum absolute atomic E-state index is 0.333. The van der Waals surface area contributed by atoms with E-state index in [0.717, 1.165) is 16.9 Å². The minimum atomic E-state index is -0.698. The predicted molar refractivity (Wildman–Crippen MR) is 76.4 cm³/mol. The lowest BCUT2D eigenvalue weighted by Gasteiger charge is -2.09. The quantitative estimate of drug-likeness (QED) is 0.930. The number of anilines is 1. The van der Waals surface area contributed by atoms with Gasteiger partial charge in [0.2, 0.25) is 5.91 Å². The van der Waals surface area contributed by atoms with Gasteiger partial charge in [-0.15, -0.1) is 0 Å². The molecule has 1 aromatic carbocycles. The van der Waals surface area contributed by atoms with Gasteiger partial charge >= 0.3 is 0 Å². The third-order valence-corrected chi connectivity index (χ3v) is 2.95. The zero-order valence-corrected chi connectivity index (χ0v) is 11.7. The first-order valence-corrected chi connectivity index (χ1v) is 6.35. The molecule has 0 saturated heterocycles. The molecule has 1 amide bonds. The number of aryl methyl sites for hydroxylation is 2. The van der Waals surface area contributed by atoms with E-state index >= 15 is 0 Å². The predicted octanol–water partition coefficient (Wildman–Crippen LogP) is 2.59. The van der Waals surface area contributed by atoms with Crippen LogP contribution in [0.3, 0.4) is 0 Å². The summed E-state index contributed by atoms with van der Waals surface area (Å²) >= 11 is 0. The van der Waals surface area contributed by atoms with Gasteiger partial charge in [-0.3, -0.25) is 4.79 Å². The highest BCUT2D eigenvalue weighted by atomic mass is 16.1. The van der Waals surface area contributed by atoms with Gasteiger partial charge in [0, 0.05) is 6.07 Å². The monoisotopic (exact) mass is 268 g/mol. The smallest absolute Gasteiger partial charge is 0.242 e. The van der Waals surface area contributed by atoms with E-state index < -0.39 is 5.92 Å². The second kappa shape index (κ2) is 5.57. The van der Waals surface area contributed by atoms with E-state index in [4.69, 9.17) is 5.26 Å². The number of hydrogen-bond donors (Lipinski definition) is 1. The molecule has 5 heteroatoms. The van der Waals surface area contributed by atoms with Crippen molar-refractivity contribution in [2.75, 3.05) is 5.32 Å². The lowest BCUT2D eigenvalue weighted by Crippen LogP contribution is -2.20. The Kier molecular flexibility index (Phi) is 3.85. The number of carbonyl (C=O) groups excluding carboxylic acids is 1. The van der Waals surface area contributed by atoms with Gasteiger partial charge in [0.1, 0.15) is 11.7 Å². The van der Waals surface area contributed by atoms with Crippen molar-refractivity contribution in [1.82, 2.24) is 9.78 Å². The van der Waals surface area contributed by atoms with Gasteiger partial charge < -0.3 is 5.32 Å². The molecule has 5 nitrogen and oxygen atoms in total. The second-order valence-corrected chi connectivity index (χ2v) is 4.76. The van der Waals surface area contributed by atoms with Crippen molar-refractivity contribution in [2.24, 2.45) is 5.92 Å². The lowest BCUT2D eigenvalue weighted by atomic mass is 10.2. The molecule has 0 aliphatic rings. The molecule has 2 rings (SSSR count). The zero-order chi connectivity index (χ0) is 14.7. The van der Waals surface area contributed by atoms with Crippen molar-refractivity contribution in [3.05, 3.63) is 41.6 Å². The molecule has 0 aliphatic carbocycles. The van der Waals surface area contributed by atoms with Crippen molar-refractivity contribution >= 4 is 11.7 Å². The Hall–Kier alpha value is -2.61. The van der Waals surface area contributed by atoms with Crippen LogP contribution in [0, 0.1) is 31.1 Å². The summed E-state index contributed by atoms with van der Waals surface area (Å²) in [4.78, 5) is 11.8. The Morgan fingerprint density at radius 2 is 2.00 bits per heavy atom. The van der Waals surface area contributed by atoms with E-state index in [-0.39, 0.29) is 5.91 Å². The van der Waals surface area contributed by atoms with Crippen LogP contribution in [0.5, 0.6) is 0 Å². The summed E-state index contributed by atoms with van der Waals surface area (Å²) < 4.78 is 1.66. The second-order valence-electron chi connectivity index (χ2n) is 4.76. The molecule has 2 aromatic rings. The largest absolute Gasteiger partial charge is 0.309 e. The highest BCUT2D eigenvalue weighted by molar-refractivity contribution is 5.93. The zero-order valence-electron chi connectivity index (χ0n) is 11.7. The van der Waals surface area contributed by atoms with Crippen LogP contribution >= 0.6 is 0 Å². The molecular weight excluding hydrogens is 252 g/mol. The van der Waals surface area contributed by atoms with Gasteiger partial charge in [-0.2, -0.15) is 10.4 Å². The van der Waals surface area contributed by atoms with Gasteiger partial charge in [-0.05, 0) is 32.9 Å². The molecule has 0 saturated carbocycles. The van der Waals surface area contributed by atoms with Gasteiger partial charge in [0.05, 0.1) is 17.5 Å². The Bertz CT molecular complexity index is 664. The van der Waals surface area contributed by atoms with Crippen molar-refractivity contribution in [2.45, 2.75) is 20.8 Å². The Balaban J connectivity index is 2.34. The number of carbonyl (C=O) groups is 1. The van der Waals surface area contributed by atoms with Crippen molar-refractivity contribution in [1.29, 1.82) is 5.26 Å². The Labute approximate surface area is 117 Å². The van der Waals surface area contributed by atoms with E-state index in [2.05, 4.69) is 10.4 Å². The molecule has 0 radical (unpaired) electrons. The van der Waals surface area contributed by atoms with Crippen LogP contribution in [0.2, 0.25) is 0 Å². The summed E-state index contributed by atoms with van der Waals surface area (Å²) in [6, 6.07) is 11.5. The molecule has 1 heterocycles. The Morgan fingerprint density at radius 1 is 1.35 bits per heavy atom. The van der Waals surface area contributed by atoms with Gasteiger partial charge in [0.25, 0.3) is 0 Å². The average molecular weight is 268 g/mol.